The minimum Gasteiger partial charge on any atom is -0.497 e. The quantitative estimate of drug-likeness (QED) is 0.352. The summed E-state index contributed by atoms with van der Waals surface area (Å²) in [4.78, 5) is 14.8. The first kappa shape index (κ1) is 18.4. The number of hydrogen-bond donors (Lipinski definition) is 0. The van der Waals surface area contributed by atoms with Crippen LogP contribution < -0.4 is 9.47 Å². The number of carbonyl (C=O) groups excluding carboxylic acids is 1. The molecule has 3 rings (SSSR count). The van der Waals surface area contributed by atoms with Gasteiger partial charge in [0.1, 0.15) is 17.2 Å². The standard InChI is InChI=1S/C23H21NO3/c1-23(17-10-6-4-7-11-17,18-12-8-5-9-13-18)20-14-19(26-2)15-21(24-16-25)22(20)27-3/h4-15H,1-3H3. The zero-order valence-corrected chi connectivity index (χ0v) is 15.6. The molecular weight excluding hydrogens is 338 g/mol. The van der Waals surface area contributed by atoms with Gasteiger partial charge >= 0.3 is 0 Å². The van der Waals surface area contributed by atoms with Crippen molar-refractivity contribution in [3.8, 4) is 11.5 Å². The number of ether oxygens (including phenoxy) is 2. The van der Waals surface area contributed by atoms with E-state index in [0.717, 1.165) is 16.7 Å². The monoisotopic (exact) mass is 359 g/mol. The van der Waals surface area contributed by atoms with Gasteiger partial charge in [0.25, 0.3) is 0 Å². The number of benzene rings is 3. The maximum atomic E-state index is 11.0. The third-order valence-corrected chi connectivity index (χ3v) is 4.89. The van der Waals surface area contributed by atoms with Crippen LogP contribution in [0, 0.1) is 0 Å². The van der Waals surface area contributed by atoms with E-state index < -0.39 is 5.41 Å². The molecule has 27 heavy (non-hydrogen) atoms. The maximum Gasteiger partial charge on any atom is 0.240 e. The van der Waals surface area contributed by atoms with E-state index in [9.17, 15) is 4.79 Å². The Morgan fingerprint density at radius 3 is 1.85 bits per heavy atom. The van der Waals surface area contributed by atoms with Gasteiger partial charge in [-0.2, -0.15) is 4.99 Å². The van der Waals surface area contributed by atoms with Crippen molar-refractivity contribution in [1.82, 2.24) is 0 Å². The van der Waals surface area contributed by atoms with Crippen molar-refractivity contribution >= 4 is 11.8 Å². The van der Waals surface area contributed by atoms with Crippen LogP contribution in [0.4, 0.5) is 5.69 Å². The van der Waals surface area contributed by atoms with E-state index in [2.05, 4.69) is 36.2 Å². The average molecular weight is 359 g/mol. The van der Waals surface area contributed by atoms with E-state index in [1.165, 1.54) is 0 Å². The molecule has 0 radical (unpaired) electrons. The van der Waals surface area contributed by atoms with Crippen LogP contribution in [0.1, 0.15) is 23.6 Å². The summed E-state index contributed by atoms with van der Waals surface area (Å²) in [5.74, 6) is 1.12. The molecular formula is C23H21NO3. The van der Waals surface area contributed by atoms with Crippen molar-refractivity contribution in [1.29, 1.82) is 0 Å². The van der Waals surface area contributed by atoms with Crippen LogP contribution in [-0.4, -0.2) is 20.3 Å². The Morgan fingerprint density at radius 1 is 0.852 bits per heavy atom. The highest BCUT2D eigenvalue weighted by Gasteiger charge is 2.35. The molecule has 0 atom stereocenters. The van der Waals surface area contributed by atoms with E-state index >= 15 is 0 Å². The van der Waals surface area contributed by atoms with Gasteiger partial charge in [-0.05, 0) is 24.1 Å². The molecule has 0 saturated heterocycles. The lowest BCUT2D eigenvalue weighted by Crippen LogP contribution is -2.26. The minimum absolute atomic E-state index is 0.389. The third-order valence-electron chi connectivity index (χ3n) is 4.89. The lowest BCUT2D eigenvalue weighted by molar-refractivity contribution is 0.394. The third kappa shape index (κ3) is 3.35. The summed E-state index contributed by atoms with van der Waals surface area (Å²) in [6, 6.07) is 23.9. The molecule has 0 spiro atoms. The molecule has 0 aliphatic heterocycles. The van der Waals surface area contributed by atoms with Crippen LogP contribution >= 0.6 is 0 Å². The molecule has 3 aromatic rings. The predicted octanol–water partition coefficient (Wildman–Crippen LogP) is 5.03. The number of rotatable bonds is 6. The van der Waals surface area contributed by atoms with Crippen molar-refractivity contribution in [3.05, 3.63) is 89.5 Å². The van der Waals surface area contributed by atoms with E-state index in [-0.39, 0.29) is 0 Å². The Hall–Kier alpha value is -3.36. The van der Waals surface area contributed by atoms with Gasteiger partial charge in [-0.15, -0.1) is 0 Å². The van der Waals surface area contributed by atoms with Gasteiger partial charge in [-0.1, -0.05) is 60.7 Å². The van der Waals surface area contributed by atoms with Gasteiger partial charge in [0.15, 0.2) is 0 Å². The molecule has 0 amide bonds. The number of methoxy groups -OCH3 is 2. The predicted molar refractivity (Wildman–Crippen MR) is 106 cm³/mol. The van der Waals surface area contributed by atoms with Crippen LogP contribution in [-0.2, 0) is 10.2 Å². The molecule has 0 aromatic heterocycles. The molecule has 0 aliphatic carbocycles. The van der Waals surface area contributed by atoms with Crippen LogP contribution in [0.3, 0.4) is 0 Å². The molecule has 0 bridgehead atoms. The van der Waals surface area contributed by atoms with Gasteiger partial charge in [0, 0.05) is 17.0 Å². The van der Waals surface area contributed by atoms with Crippen molar-refractivity contribution in [2.24, 2.45) is 4.99 Å². The highest BCUT2D eigenvalue weighted by atomic mass is 16.5. The lowest BCUT2D eigenvalue weighted by atomic mass is 9.70. The van der Waals surface area contributed by atoms with Crippen LogP contribution in [0.2, 0.25) is 0 Å². The summed E-state index contributed by atoms with van der Waals surface area (Å²) >= 11 is 0. The molecule has 4 nitrogen and oxygen atoms in total. The Morgan fingerprint density at radius 2 is 1.41 bits per heavy atom. The van der Waals surface area contributed by atoms with E-state index in [0.29, 0.717) is 17.2 Å². The van der Waals surface area contributed by atoms with Gasteiger partial charge in [-0.25, -0.2) is 4.79 Å². The first-order chi connectivity index (χ1) is 13.1. The van der Waals surface area contributed by atoms with E-state index in [4.69, 9.17) is 9.47 Å². The average Bonchev–Trinajstić information content (AvgIpc) is 2.74. The number of nitrogens with zero attached hydrogens (tertiary/aromatic N) is 1. The summed E-state index contributed by atoms with van der Waals surface area (Å²) in [5, 5.41) is 0. The number of hydrogen-bond acceptors (Lipinski definition) is 4. The largest absolute Gasteiger partial charge is 0.497 e. The fourth-order valence-electron chi connectivity index (χ4n) is 3.44. The fourth-order valence-corrected chi connectivity index (χ4v) is 3.44. The molecule has 4 heteroatoms. The molecule has 0 saturated carbocycles. The molecule has 3 aromatic carbocycles. The van der Waals surface area contributed by atoms with Crippen molar-refractivity contribution < 1.29 is 14.3 Å². The molecule has 0 aliphatic rings. The molecule has 0 N–H and O–H groups in total. The summed E-state index contributed by atoms with van der Waals surface area (Å²) < 4.78 is 11.2. The topological polar surface area (TPSA) is 47.9 Å². The molecule has 0 fully saturated rings. The second-order valence-electron chi connectivity index (χ2n) is 6.29. The van der Waals surface area contributed by atoms with Crippen LogP contribution in [0.25, 0.3) is 0 Å². The Labute approximate surface area is 159 Å². The SMILES string of the molecule is COc1cc(N=C=O)c(OC)c(C(C)(c2ccccc2)c2ccccc2)c1. The summed E-state index contributed by atoms with van der Waals surface area (Å²) in [6.45, 7) is 2.13. The van der Waals surface area contributed by atoms with Gasteiger partial charge < -0.3 is 9.47 Å². The van der Waals surface area contributed by atoms with E-state index in [1.807, 2.05) is 42.5 Å². The number of aliphatic imine (C=N–C) groups is 1. The highest BCUT2D eigenvalue weighted by Crippen LogP contribution is 2.48. The Balaban J connectivity index is 2.40. The van der Waals surface area contributed by atoms with Gasteiger partial charge in [-0.3, -0.25) is 0 Å². The Bertz CT molecular complexity index is 922. The zero-order chi connectivity index (χ0) is 19.3. The zero-order valence-electron chi connectivity index (χ0n) is 15.6. The summed E-state index contributed by atoms with van der Waals surface area (Å²) in [7, 11) is 3.16. The first-order valence-electron chi connectivity index (χ1n) is 8.60. The van der Waals surface area contributed by atoms with Gasteiger partial charge in [0.2, 0.25) is 6.08 Å². The van der Waals surface area contributed by atoms with Crippen LogP contribution in [0.15, 0.2) is 77.8 Å². The highest BCUT2D eigenvalue weighted by molar-refractivity contribution is 5.68. The fraction of sp³-hybridized carbons (Fsp3) is 0.174. The van der Waals surface area contributed by atoms with Crippen molar-refractivity contribution in [3.63, 3.8) is 0 Å². The molecule has 136 valence electrons. The number of isocyanates is 1. The normalized spacial score (nSPS) is 10.8. The summed E-state index contributed by atoms with van der Waals surface area (Å²) in [6.07, 6.45) is 1.61. The van der Waals surface area contributed by atoms with Crippen LogP contribution in [0.5, 0.6) is 11.5 Å². The van der Waals surface area contributed by atoms with Gasteiger partial charge in [0.05, 0.1) is 14.2 Å². The smallest absolute Gasteiger partial charge is 0.240 e. The first-order valence-corrected chi connectivity index (χ1v) is 8.60. The minimum atomic E-state index is -0.546. The summed E-state index contributed by atoms with van der Waals surface area (Å²) in [5.41, 5.74) is 2.87. The maximum absolute atomic E-state index is 11.0. The van der Waals surface area contributed by atoms with Crippen molar-refractivity contribution in [2.45, 2.75) is 12.3 Å². The lowest BCUT2D eigenvalue weighted by Gasteiger charge is -2.33. The van der Waals surface area contributed by atoms with E-state index in [1.54, 1.807) is 26.4 Å². The second-order valence-corrected chi connectivity index (χ2v) is 6.29. The molecule has 0 heterocycles. The second kappa shape index (κ2) is 7.90. The molecule has 0 unspecified atom stereocenters. The Kier molecular flexibility index (Phi) is 5.39. The van der Waals surface area contributed by atoms with Crippen molar-refractivity contribution in [2.75, 3.05) is 14.2 Å².